The lowest BCUT2D eigenvalue weighted by Gasteiger charge is -2.14. The second-order valence-electron chi connectivity index (χ2n) is 6.78. The maximum Gasteiger partial charge on any atom is 0.338 e. The summed E-state index contributed by atoms with van der Waals surface area (Å²) < 4.78 is 7.26. The van der Waals surface area contributed by atoms with Gasteiger partial charge in [-0.3, -0.25) is 4.79 Å². The minimum atomic E-state index is -0.521. The van der Waals surface area contributed by atoms with Gasteiger partial charge in [0.25, 0.3) is 5.91 Å². The number of esters is 1. The first-order valence-corrected chi connectivity index (χ1v) is 9.22. The van der Waals surface area contributed by atoms with Crippen LogP contribution in [-0.2, 0) is 9.53 Å². The average Bonchev–Trinajstić information content (AvgIpc) is 3.05. The molecule has 0 aliphatic carbocycles. The molecule has 0 radical (unpaired) electrons. The fourth-order valence-electron chi connectivity index (χ4n) is 3.17. The van der Waals surface area contributed by atoms with Gasteiger partial charge in [0.15, 0.2) is 6.61 Å². The molecule has 1 atom stereocenters. The van der Waals surface area contributed by atoms with E-state index < -0.39 is 5.97 Å². The summed E-state index contributed by atoms with van der Waals surface area (Å²) in [5.41, 5.74) is 4.45. The Kier molecular flexibility index (Phi) is 5.94. The summed E-state index contributed by atoms with van der Waals surface area (Å²) in [6.07, 6.45) is 0. The minimum Gasteiger partial charge on any atom is -0.452 e. The van der Waals surface area contributed by atoms with Crippen molar-refractivity contribution in [1.29, 1.82) is 0 Å². The lowest BCUT2D eigenvalue weighted by molar-refractivity contribution is -0.124. The van der Waals surface area contributed by atoms with E-state index in [2.05, 4.69) is 9.88 Å². The quantitative estimate of drug-likeness (QED) is 0.658. The van der Waals surface area contributed by atoms with Crippen molar-refractivity contribution in [3.8, 4) is 5.69 Å². The Hall–Kier alpha value is -3.34. The van der Waals surface area contributed by atoms with E-state index in [4.69, 9.17) is 4.74 Å². The number of amides is 1. The molecule has 0 bridgehead atoms. The number of ether oxygens (including phenoxy) is 1. The molecular weight excluding hydrogens is 352 g/mol. The van der Waals surface area contributed by atoms with Crippen molar-refractivity contribution >= 4 is 11.9 Å². The molecule has 3 rings (SSSR count). The van der Waals surface area contributed by atoms with Crippen molar-refractivity contribution in [2.45, 2.75) is 26.8 Å². The number of rotatable bonds is 6. The molecule has 5 nitrogen and oxygen atoms in total. The molecule has 144 valence electrons. The summed E-state index contributed by atoms with van der Waals surface area (Å²) in [7, 11) is 0. The first-order chi connectivity index (χ1) is 13.5. The van der Waals surface area contributed by atoms with E-state index in [1.165, 1.54) is 0 Å². The number of aryl methyl sites for hydroxylation is 2. The van der Waals surface area contributed by atoms with Crippen molar-refractivity contribution < 1.29 is 14.3 Å². The monoisotopic (exact) mass is 376 g/mol. The molecule has 1 aromatic heterocycles. The van der Waals surface area contributed by atoms with Gasteiger partial charge >= 0.3 is 5.97 Å². The highest BCUT2D eigenvalue weighted by Gasteiger charge is 2.14. The van der Waals surface area contributed by atoms with Gasteiger partial charge in [-0.1, -0.05) is 36.4 Å². The Labute approximate surface area is 165 Å². The standard InChI is InChI=1S/C23H24N2O3/c1-16-12-13-17(2)25(16)21-11-7-10-20(14-21)23(27)28-15-22(26)24-18(3)19-8-5-4-6-9-19/h4-14,18H,15H2,1-3H3,(H,24,26)/t18-/m0/s1. The number of nitrogens with zero attached hydrogens (tertiary/aromatic N) is 1. The highest BCUT2D eigenvalue weighted by molar-refractivity contribution is 5.92. The average molecular weight is 376 g/mol. The van der Waals surface area contributed by atoms with Crippen LogP contribution in [0.5, 0.6) is 0 Å². The predicted molar refractivity (Wildman–Crippen MR) is 109 cm³/mol. The molecule has 0 saturated heterocycles. The molecule has 28 heavy (non-hydrogen) atoms. The number of benzene rings is 2. The summed E-state index contributed by atoms with van der Waals surface area (Å²) in [5, 5.41) is 2.83. The Morgan fingerprint density at radius 1 is 0.964 bits per heavy atom. The number of aromatic nitrogens is 1. The van der Waals surface area contributed by atoms with Crippen LogP contribution in [0.15, 0.2) is 66.7 Å². The van der Waals surface area contributed by atoms with Crippen molar-refractivity contribution in [2.24, 2.45) is 0 Å². The molecule has 1 amide bonds. The van der Waals surface area contributed by atoms with Gasteiger partial charge in [-0.15, -0.1) is 0 Å². The second-order valence-corrected chi connectivity index (χ2v) is 6.78. The van der Waals surface area contributed by atoms with E-state index in [0.29, 0.717) is 5.56 Å². The van der Waals surface area contributed by atoms with Crippen molar-refractivity contribution in [3.05, 3.63) is 89.2 Å². The second kappa shape index (κ2) is 8.57. The molecule has 1 N–H and O–H groups in total. The predicted octanol–water partition coefficient (Wildman–Crippen LogP) is 4.13. The number of hydrogen-bond acceptors (Lipinski definition) is 3. The van der Waals surface area contributed by atoms with E-state index >= 15 is 0 Å². The van der Waals surface area contributed by atoms with E-state index in [1.807, 2.05) is 75.4 Å². The van der Waals surface area contributed by atoms with Crippen LogP contribution >= 0.6 is 0 Å². The number of nitrogens with one attached hydrogen (secondary N) is 1. The third-order valence-corrected chi connectivity index (χ3v) is 4.62. The molecular formula is C23H24N2O3. The number of carbonyl (C=O) groups excluding carboxylic acids is 2. The van der Waals surface area contributed by atoms with Crippen LogP contribution in [0.4, 0.5) is 0 Å². The van der Waals surface area contributed by atoms with Crippen LogP contribution in [0.25, 0.3) is 5.69 Å². The summed E-state index contributed by atoms with van der Waals surface area (Å²) >= 11 is 0. The number of carbonyl (C=O) groups is 2. The van der Waals surface area contributed by atoms with Crippen LogP contribution in [-0.4, -0.2) is 23.1 Å². The Bertz CT molecular complexity index is 957. The van der Waals surface area contributed by atoms with Crippen LogP contribution in [0, 0.1) is 13.8 Å². The van der Waals surface area contributed by atoms with Crippen molar-refractivity contribution in [1.82, 2.24) is 9.88 Å². The Morgan fingerprint density at radius 2 is 1.64 bits per heavy atom. The largest absolute Gasteiger partial charge is 0.452 e. The lowest BCUT2D eigenvalue weighted by atomic mass is 10.1. The van der Waals surface area contributed by atoms with Gasteiger partial charge in [-0.25, -0.2) is 4.79 Å². The van der Waals surface area contributed by atoms with Crippen LogP contribution < -0.4 is 5.32 Å². The van der Waals surface area contributed by atoms with E-state index in [9.17, 15) is 9.59 Å². The van der Waals surface area contributed by atoms with Gasteiger partial charge in [-0.05, 0) is 56.7 Å². The van der Waals surface area contributed by atoms with Crippen LogP contribution in [0.1, 0.15) is 40.3 Å². The molecule has 3 aromatic rings. The van der Waals surface area contributed by atoms with Crippen molar-refractivity contribution in [2.75, 3.05) is 6.61 Å². The van der Waals surface area contributed by atoms with Crippen molar-refractivity contribution in [3.63, 3.8) is 0 Å². The first-order valence-electron chi connectivity index (χ1n) is 9.22. The molecule has 0 unspecified atom stereocenters. The molecule has 0 fully saturated rings. The van der Waals surface area contributed by atoms with E-state index in [0.717, 1.165) is 22.6 Å². The first kappa shape index (κ1) is 19.4. The molecule has 0 aliphatic rings. The lowest BCUT2D eigenvalue weighted by Crippen LogP contribution is -2.31. The fourth-order valence-corrected chi connectivity index (χ4v) is 3.17. The zero-order valence-corrected chi connectivity index (χ0v) is 16.3. The summed E-state index contributed by atoms with van der Waals surface area (Å²) in [6, 6.07) is 20.7. The zero-order valence-electron chi connectivity index (χ0n) is 16.3. The highest BCUT2D eigenvalue weighted by Crippen LogP contribution is 2.18. The molecule has 1 heterocycles. The van der Waals surface area contributed by atoms with Crippen LogP contribution in [0.3, 0.4) is 0 Å². The van der Waals surface area contributed by atoms with Gasteiger partial charge in [0.05, 0.1) is 11.6 Å². The van der Waals surface area contributed by atoms with Gasteiger partial charge in [0, 0.05) is 17.1 Å². The number of hydrogen-bond donors (Lipinski definition) is 1. The molecule has 0 saturated carbocycles. The Morgan fingerprint density at radius 3 is 2.32 bits per heavy atom. The summed E-state index contributed by atoms with van der Waals surface area (Å²) in [5.74, 6) is -0.857. The minimum absolute atomic E-state index is 0.157. The third kappa shape index (κ3) is 4.49. The molecule has 0 spiro atoms. The van der Waals surface area contributed by atoms with Crippen LogP contribution in [0.2, 0.25) is 0 Å². The third-order valence-electron chi connectivity index (χ3n) is 4.62. The van der Waals surface area contributed by atoms with Gasteiger partial charge < -0.3 is 14.6 Å². The zero-order chi connectivity index (χ0) is 20.1. The smallest absolute Gasteiger partial charge is 0.338 e. The molecule has 5 heteroatoms. The topological polar surface area (TPSA) is 60.3 Å². The van der Waals surface area contributed by atoms with E-state index in [-0.39, 0.29) is 18.6 Å². The van der Waals surface area contributed by atoms with Gasteiger partial charge in [0.1, 0.15) is 0 Å². The summed E-state index contributed by atoms with van der Waals surface area (Å²) in [4.78, 5) is 24.5. The maximum absolute atomic E-state index is 12.4. The van der Waals surface area contributed by atoms with Gasteiger partial charge in [-0.2, -0.15) is 0 Å². The van der Waals surface area contributed by atoms with Gasteiger partial charge in [0.2, 0.25) is 0 Å². The Balaban J connectivity index is 1.61. The SMILES string of the molecule is Cc1ccc(C)n1-c1cccc(C(=O)OCC(=O)N[C@@H](C)c2ccccc2)c1. The molecule has 2 aromatic carbocycles. The summed E-state index contributed by atoms with van der Waals surface area (Å²) in [6.45, 7) is 5.59. The normalized spacial score (nSPS) is 11.7. The maximum atomic E-state index is 12.4. The van der Waals surface area contributed by atoms with E-state index in [1.54, 1.807) is 12.1 Å². The highest BCUT2D eigenvalue weighted by atomic mass is 16.5. The fraction of sp³-hybridized carbons (Fsp3) is 0.217. The molecule has 0 aliphatic heterocycles.